The maximum absolute atomic E-state index is 11.5. The second-order valence-corrected chi connectivity index (χ2v) is 7.75. The topological polar surface area (TPSA) is 35.5 Å². The van der Waals surface area contributed by atoms with Gasteiger partial charge in [-0.3, -0.25) is 4.79 Å². The highest BCUT2D eigenvalue weighted by molar-refractivity contribution is 5.80. The molecule has 3 aliphatic rings. The molecule has 0 aliphatic heterocycles. The summed E-state index contributed by atoms with van der Waals surface area (Å²) in [6, 6.07) is 4.33. The SMILES string of the molecule is COc1ccc2c(c1C)CCC1=C2CCC2(C)C1=CCC2OC(C)=O. The number of hydrogen-bond donors (Lipinski definition) is 0. The van der Waals surface area contributed by atoms with Crippen LogP contribution in [-0.4, -0.2) is 19.2 Å². The molecule has 3 nitrogen and oxygen atoms in total. The summed E-state index contributed by atoms with van der Waals surface area (Å²) in [6.45, 7) is 5.96. The summed E-state index contributed by atoms with van der Waals surface area (Å²) in [6.07, 6.45) is 7.39. The number of benzene rings is 1. The lowest BCUT2D eigenvalue weighted by atomic mass is 9.64. The first-order valence-corrected chi connectivity index (χ1v) is 9.23. The third-order valence-electron chi connectivity index (χ3n) is 6.47. The van der Waals surface area contributed by atoms with Crippen LogP contribution in [0.5, 0.6) is 5.75 Å². The molecule has 0 saturated carbocycles. The summed E-state index contributed by atoms with van der Waals surface area (Å²) in [7, 11) is 1.74. The van der Waals surface area contributed by atoms with E-state index < -0.39 is 0 Å². The second kappa shape index (κ2) is 5.76. The smallest absolute Gasteiger partial charge is 0.302 e. The van der Waals surface area contributed by atoms with Gasteiger partial charge in [0.15, 0.2) is 0 Å². The molecule has 0 spiro atoms. The van der Waals surface area contributed by atoms with Crippen molar-refractivity contribution in [3.8, 4) is 5.75 Å². The zero-order valence-electron chi connectivity index (χ0n) is 15.6. The zero-order valence-corrected chi connectivity index (χ0v) is 15.6. The van der Waals surface area contributed by atoms with Crippen LogP contribution in [0.1, 0.15) is 56.2 Å². The zero-order chi connectivity index (χ0) is 17.8. The van der Waals surface area contributed by atoms with Gasteiger partial charge in [0.25, 0.3) is 0 Å². The van der Waals surface area contributed by atoms with Crippen molar-refractivity contribution >= 4 is 11.5 Å². The van der Waals surface area contributed by atoms with Crippen molar-refractivity contribution in [3.05, 3.63) is 46.0 Å². The number of ether oxygens (including phenoxy) is 2. The predicted octanol–water partition coefficient (Wildman–Crippen LogP) is 4.77. The minimum absolute atomic E-state index is 0.00643. The summed E-state index contributed by atoms with van der Waals surface area (Å²) in [5.41, 5.74) is 8.52. The molecule has 0 fully saturated rings. The van der Waals surface area contributed by atoms with Gasteiger partial charge in [0.1, 0.15) is 11.9 Å². The number of allylic oxidation sites excluding steroid dienone is 2. The average molecular weight is 338 g/mol. The molecule has 3 heteroatoms. The number of fused-ring (bicyclic) bond motifs is 4. The first-order valence-electron chi connectivity index (χ1n) is 9.23. The van der Waals surface area contributed by atoms with Crippen LogP contribution in [0.15, 0.2) is 29.4 Å². The van der Waals surface area contributed by atoms with Crippen molar-refractivity contribution in [2.45, 2.75) is 59.0 Å². The molecule has 0 aromatic heterocycles. The van der Waals surface area contributed by atoms with Gasteiger partial charge >= 0.3 is 5.97 Å². The van der Waals surface area contributed by atoms with Gasteiger partial charge in [-0.15, -0.1) is 0 Å². The van der Waals surface area contributed by atoms with Crippen molar-refractivity contribution in [3.63, 3.8) is 0 Å². The van der Waals surface area contributed by atoms with E-state index in [4.69, 9.17) is 9.47 Å². The molecule has 1 aromatic carbocycles. The van der Waals surface area contributed by atoms with Crippen molar-refractivity contribution in [1.29, 1.82) is 0 Å². The average Bonchev–Trinajstić information content (AvgIpc) is 2.91. The normalized spacial score (nSPS) is 27.2. The number of methoxy groups -OCH3 is 1. The van der Waals surface area contributed by atoms with E-state index in [9.17, 15) is 4.79 Å². The van der Waals surface area contributed by atoms with Gasteiger partial charge in [0.2, 0.25) is 0 Å². The minimum Gasteiger partial charge on any atom is -0.496 e. The standard InChI is InChI=1S/C22H26O3/c1-13-15-5-6-18-17(16(15)7-9-20(13)24-4)11-12-22(3)19(18)8-10-21(22)25-14(2)23/h7-9,21H,5-6,10-12H2,1-4H3. The van der Waals surface area contributed by atoms with Crippen molar-refractivity contribution < 1.29 is 14.3 Å². The predicted molar refractivity (Wildman–Crippen MR) is 98.6 cm³/mol. The van der Waals surface area contributed by atoms with Crippen molar-refractivity contribution in [2.24, 2.45) is 5.41 Å². The highest BCUT2D eigenvalue weighted by Gasteiger charge is 2.47. The van der Waals surface area contributed by atoms with E-state index >= 15 is 0 Å². The van der Waals surface area contributed by atoms with Crippen LogP contribution in [0.25, 0.3) is 5.57 Å². The summed E-state index contributed by atoms with van der Waals surface area (Å²) in [4.78, 5) is 11.5. The molecule has 132 valence electrons. The fraction of sp³-hybridized carbons (Fsp3) is 0.500. The van der Waals surface area contributed by atoms with Gasteiger partial charge in [-0.1, -0.05) is 19.1 Å². The van der Waals surface area contributed by atoms with Gasteiger partial charge in [-0.25, -0.2) is 0 Å². The van der Waals surface area contributed by atoms with Gasteiger partial charge < -0.3 is 9.47 Å². The molecule has 25 heavy (non-hydrogen) atoms. The van der Waals surface area contributed by atoms with E-state index in [1.165, 1.54) is 40.3 Å². The fourth-order valence-corrected chi connectivity index (χ4v) is 5.13. The Bertz CT molecular complexity index is 815. The third-order valence-corrected chi connectivity index (χ3v) is 6.47. The van der Waals surface area contributed by atoms with Crippen LogP contribution in [0, 0.1) is 12.3 Å². The number of carbonyl (C=O) groups is 1. The van der Waals surface area contributed by atoms with Crippen LogP contribution in [0.2, 0.25) is 0 Å². The molecule has 0 heterocycles. The molecule has 0 amide bonds. The summed E-state index contributed by atoms with van der Waals surface area (Å²) in [5, 5.41) is 0. The maximum atomic E-state index is 11.5. The second-order valence-electron chi connectivity index (χ2n) is 7.75. The lowest BCUT2D eigenvalue weighted by molar-refractivity contribution is -0.150. The molecule has 0 radical (unpaired) electrons. The summed E-state index contributed by atoms with van der Waals surface area (Å²) < 4.78 is 11.2. The molecule has 4 rings (SSSR count). The van der Waals surface area contributed by atoms with Crippen LogP contribution in [0.3, 0.4) is 0 Å². The van der Waals surface area contributed by atoms with E-state index in [0.29, 0.717) is 0 Å². The van der Waals surface area contributed by atoms with Gasteiger partial charge in [-0.2, -0.15) is 0 Å². The molecule has 0 bridgehead atoms. The molecule has 2 atom stereocenters. The lowest BCUT2D eigenvalue weighted by Crippen LogP contribution is -2.36. The molecule has 0 N–H and O–H groups in total. The van der Waals surface area contributed by atoms with E-state index in [2.05, 4.69) is 32.1 Å². The van der Waals surface area contributed by atoms with Crippen molar-refractivity contribution in [1.82, 2.24) is 0 Å². The van der Waals surface area contributed by atoms with Gasteiger partial charge in [-0.05, 0) is 72.1 Å². The van der Waals surface area contributed by atoms with Crippen LogP contribution >= 0.6 is 0 Å². The Balaban J connectivity index is 1.76. The number of carbonyl (C=O) groups excluding carboxylic acids is 1. The first-order chi connectivity index (χ1) is 12.0. The monoisotopic (exact) mass is 338 g/mol. The number of hydrogen-bond acceptors (Lipinski definition) is 3. The first kappa shape index (κ1) is 16.4. The van der Waals surface area contributed by atoms with E-state index in [-0.39, 0.29) is 17.5 Å². The van der Waals surface area contributed by atoms with E-state index in [0.717, 1.165) is 37.9 Å². The number of rotatable bonds is 2. The Labute approximate surface area is 149 Å². The molecular weight excluding hydrogens is 312 g/mol. The fourth-order valence-electron chi connectivity index (χ4n) is 5.13. The third kappa shape index (κ3) is 2.36. The van der Waals surface area contributed by atoms with Crippen LogP contribution < -0.4 is 4.74 Å². The molecule has 0 saturated heterocycles. The highest BCUT2D eigenvalue weighted by atomic mass is 16.5. The minimum atomic E-state index is -0.169. The van der Waals surface area contributed by atoms with Crippen LogP contribution in [-0.2, 0) is 16.0 Å². The maximum Gasteiger partial charge on any atom is 0.302 e. The molecule has 1 aromatic rings. The Morgan fingerprint density at radius 3 is 2.72 bits per heavy atom. The summed E-state index contributed by atoms with van der Waals surface area (Å²) >= 11 is 0. The van der Waals surface area contributed by atoms with E-state index in [1.807, 2.05) is 0 Å². The lowest BCUT2D eigenvalue weighted by Gasteiger charge is -2.42. The summed E-state index contributed by atoms with van der Waals surface area (Å²) in [5.74, 6) is 0.816. The Morgan fingerprint density at radius 1 is 1.20 bits per heavy atom. The molecular formula is C22H26O3. The van der Waals surface area contributed by atoms with Crippen LogP contribution in [0.4, 0.5) is 0 Å². The highest BCUT2D eigenvalue weighted by Crippen LogP contribution is 2.56. The molecule has 2 unspecified atom stereocenters. The van der Waals surface area contributed by atoms with Crippen molar-refractivity contribution in [2.75, 3.05) is 7.11 Å². The Morgan fingerprint density at radius 2 is 2.00 bits per heavy atom. The van der Waals surface area contributed by atoms with Gasteiger partial charge in [0, 0.05) is 18.8 Å². The molecule has 3 aliphatic carbocycles. The largest absolute Gasteiger partial charge is 0.496 e. The number of esters is 1. The Kier molecular flexibility index (Phi) is 3.78. The Hall–Kier alpha value is -2.03. The van der Waals surface area contributed by atoms with E-state index in [1.54, 1.807) is 7.11 Å². The quantitative estimate of drug-likeness (QED) is 0.729. The van der Waals surface area contributed by atoms with Gasteiger partial charge in [0.05, 0.1) is 7.11 Å².